The molecule has 0 bridgehead atoms. The fraction of sp³-hybridized carbons (Fsp3) is 0.912. The van der Waals surface area contributed by atoms with Gasteiger partial charge in [0, 0.05) is 5.92 Å². The van der Waals surface area contributed by atoms with Crippen LogP contribution in [0, 0.1) is 46.3 Å². The van der Waals surface area contributed by atoms with Crippen LogP contribution in [-0.4, -0.2) is 116 Å². The predicted octanol–water partition coefficient (Wildman–Crippen LogP) is 1.42. The number of allylic oxidation sites excluding steroid dienone is 2. The van der Waals surface area contributed by atoms with Crippen molar-refractivity contribution >= 4 is 16.4 Å². The van der Waals surface area contributed by atoms with Crippen LogP contribution in [0.4, 0.5) is 0 Å². The Morgan fingerprint density at radius 1 is 1.00 bits per heavy atom. The lowest BCUT2D eigenvalue weighted by molar-refractivity contribution is -0.309. The van der Waals surface area contributed by atoms with E-state index in [0.717, 1.165) is 5.57 Å². The Balaban J connectivity index is 1.27. The zero-order valence-corrected chi connectivity index (χ0v) is 29.8. The molecule has 49 heavy (non-hydrogen) atoms. The van der Waals surface area contributed by atoms with Crippen LogP contribution >= 0.6 is 0 Å². The molecule has 15 heteroatoms. The minimum absolute atomic E-state index is 0.000452. The Kier molecular flexibility index (Phi) is 9.73. The van der Waals surface area contributed by atoms with Crippen molar-refractivity contribution in [1.82, 2.24) is 0 Å². The monoisotopic (exact) mass is 718 g/mol. The number of fused-ring (bicyclic) bond motifs is 7. The van der Waals surface area contributed by atoms with Gasteiger partial charge in [0.1, 0.15) is 24.4 Å². The average Bonchev–Trinajstić information content (AvgIpc) is 3.46. The summed E-state index contributed by atoms with van der Waals surface area (Å²) in [6.45, 7) is 12.0. The van der Waals surface area contributed by atoms with Crippen molar-refractivity contribution < 1.29 is 66.8 Å². The Hall–Kier alpha value is -1.24. The van der Waals surface area contributed by atoms with Crippen LogP contribution in [0.2, 0.25) is 0 Å². The highest BCUT2D eigenvalue weighted by atomic mass is 32.3. The van der Waals surface area contributed by atoms with Gasteiger partial charge >= 0.3 is 16.4 Å². The average molecular weight is 719 g/mol. The van der Waals surface area contributed by atoms with Gasteiger partial charge in [-0.3, -0.25) is 4.55 Å². The maximum absolute atomic E-state index is 12.2. The molecule has 6 aliphatic rings. The van der Waals surface area contributed by atoms with Gasteiger partial charge in [-0.25, -0.2) is 8.98 Å². The number of aliphatic carboxylic acids is 1. The van der Waals surface area contributed by atoms with Crippen molar-refractivity contribution in [3.05, 3.63) is 11.6 Å². The van der Waals surface area contributed by atoms with Gasteiger partial charge in [-0.2, -0.15) is 8.42 Å². The van der Waals surface area contributed by atoms with E-state index in [0.29, 0.717) is 25.7 Å². The molecule has 6 rings (SSSR count). The van der Waals surface area contributed by atoms with E-state index in [1.807, 2.05) is 20.8 Å². The molecule has 14 nitrogen and oxygen atoms in total. The molecule has 0 aromatic heterocycles. The zero-order valence-electron chi connectivity index (χ0n) is 29.0. The summed E-state index contributed by atoms with van der Waals surface area (Å²) in [6, 6.07) is 0. The second-order valence-electron chi connectivity index (χ2n) is 16.8. The largest absolute Gasteiger partial charge is 0.479 e. The summed E-state index contributed by atoms with van der Waals surface area (Å²) in [7, 11) is -4.87. The summed E-state index contributed by atoms with van der Waals surface area (Å²) < 4.78 is 57.7. The minimum Gasteiger partial charge on any atom is -0.479 e. The normalized spacial score (nSPS) is 50.9. The molecular weight excluding hydrogens is 664 g/mol. The van der Waals surface area contributed by atoms with E-state index in [1.54, 1.807) is 6.92 Å². The van der Waals surface area contributed by atoms with E-state index >= 15 is 0 Å². The molecule has 2 heterocycles. The molecule has 0 aromatic rings. The molecule has 18 atom stereocenters. The van der Waals surface area contributed by atoms with E-state index in [1.165, 1.54) is 0 Å². The summed E-state index contributed by atoms with van der Waals surface area (Å²) in [4.78, 5) is 11.6. The van der Waals surface area contributed by atoms with Gasteiger partial charge < -0.3 is 44.8 Å². The molecule has 280 valence electrons. The lowest BCUT2D eigenvalue weighted by Crippen LogP contribution is -2.61. The van der Waals surface area contributed by atoms with Crippen LogP contribution in [0.3, 0.4) is 0 Å². The predicted molar refractivity (Wildman–Crippen MR) is 171 cm³/mol. The maximum atomic E-state index is 12.2. The van der Waals surface area contributed by atoms with Crippen LogP contribution in [0.15, 0.2) is 11.6 Å². The first-order chi connectivity index (χ1) is 22.6. The number of hydrogen-bond donors (Lipinski definition) is 7. The molecule has 0 spiro atoms. The second-order valence-corrected chi connectivity index (χ2v) is 17.8. The second kappa shape index (κ2) is 12.7. The van der Waals surface area contributed by atoms with Crippen LogP contribution < -0.4 is 0 Å². The van der Waals surface area contributed by atoms with Gasteiger partial charge in [0.15, 0.2) is 12.4 Å². The highest BCUT2D eigenvalue weighted by Crippen LogP contribution is 2.69. The SMILES string of the molecule is CC(C)[C@H](C)[C@H](O)[C@@H]1O[C@H]2CC3C4C[C@H](OS(=O)(=O)O)C5C[C@@H](O[C@@H]6O[C@H](C(=O)O)[C@@H](O)[C@H](O)[C@H]6O)CC[C@]5(C)C4=CC[C@]3(C)[C@H]2[C@@]1(C)O. The van der Waals surface area contributed by atoms with Crippen LogP contribution in [-0.2, 0) is 33.6 Å². The topological polar surface area (TPSA) is 230 Å². The van der Waals surface area contributed by atoms with E-state index in [9.17, 15) is 48.4 Å². The molecule has 3 saturated carbocycles. The van der Waals surface area contributed by atoms with Gasteiger partial charge in [-0.05, 0) is 85.9 Å². The summed E-state index contributed by atoms with van der Waals surface area (Å²) in [6.07, 6.45) is -7.38. The van der Waals surface area contributed by atoms with E-state index in [-0.39, 0.29) is 48.5 Å². The molecule has 5 fully saturated rings. The van der Waals surface area contributed by atoms with Crippen molar-refractivity contribution in [1.29, 1.82) is 0 Å². The van der Waals surface area contributed by atoms with Gasteiger partial charge in [-0.15, -0.1) is 0 Å². The van der Waals surface area contributed by atoms with Gasteiger partial charge in [0.2, 0.25) is 0 Å². The number of rotatable bonds is 8. The third-order valence-corrected chi connectivity index (χ3v) is 14.3. The number of aliphatic hydroxyl groups is 5. The first-order valence-corrected chi connectivity index (χ1v) is 19.0. The van der Waals surface area contributed by atoms with Gasteiger partial charge in [0.05, 0.1) is 30.0 Å². The van der Waals surface area contributed by atoms with E-state index in [2.05, 4.69) is 19.9 Å². The summed E-state index contributed by atoms with van der Waals surface area (Å²) >= 11 is 0. The van der Waals surface area contributed by atoms with Gasteiger partial charge in [-0.1, -0.05) is 46.3 Å². The third-order valence-electron chi connectivity index (χ3n) is 13.8. The summed E-state index contributed by atoms with van der Waals surface area (Å²) in [5, 5.41) is 63.7. The van der Waals surface area contributed by atoms with Crippen molar-refractivity contribution in [3.63, 3.8) is 0 Å². The molecule has 3 unspecified atom stereocenters. The molecule has 2 aliphatic heterocycles. The molecule has 4 aliphatic carbocycles. The molecule has 2 saturated heterocycles. The Bertz CT molecular complexity index is 1420. The number of carbonyl (C=O) groups is 1. The number of carboxylic acids is 1. The minimum atomic E-state index is -4.87. The lowest BCUT2D eigenvalue weighted by Gasteiger charge is -2.59. The number of hydrogen-bond acceptors (Lipinski definition) is 12. The Labute approximate surface area is 287 Å². The van der Waals surface area contributed by atoms with E-state index in [4.69, 9.17) is 18.4 Å². The highest BCUT2D eigenvalue weighted by Gasteiger charge is 2.70. The standard InChI is InChI=1S/C34H54O14S/c1-14(2)15(3)23(35)29-34(6,41)28-22(46-29)13-19-17-12-21(48-49(42,43)44)20-11-16(7-9-32(20,4)18(17)8-10-33(19,28)5)45-31-26(38)24(36)25(37)27(47-31)30(39)40/h8,14-17,19-29,31,35-38,41H,7,9-13H2,1-6H3,(H,39,40)(H,42,43,44)/t15-,16-,17?,19?,20?,21-,22-,23-,24-,25-,26+,27-,28-,29-,31+,32+,33-,34+/m0/s1. The zero-order chi connectivity index (χ0) is 36.2. The molecule has 0 aromatic carbocycles. The summed E-state index contributed by atoms with van der Waals surface area (Å²) in [5.74, 6) is -2.31. The molecule has 0 amide bonds. The number of ether oxygens (including phenoxy) is 3. The first-order valence-electron chi connectivity index (χ1n) is 17.6. The lowest BCUT2D eigenvalue weighted by atomic mass is 9.47. The van der Waals surface area contributed by atoms with Crippen LogP contribution in [0.25, 0.3) is 0 Å². The highest BCUT2D eigenvalue weighted by molar-refractivity contribution is 7.80. The smallest absolute Gasteiger partial charge is 0.397 e. The third kappa shape index (κ3) is 6.12. The van der Waals surface area contributed by atoms with E-state index < -0.39 is 93.8 Å². The maximum Gasteiger partial charge on any atom is 0.397 e. The molecular formula is C34H54O14S. The van der Waals surface area contributed by atoms with Crippen molar-refractivity contribution in [2.24, 2.45) is 46.3 Å². The fourth-order valence-corrected chi connectivity index (χ4v) is 11.5. The van der Waals surface area contributed by atoms with Crippen molar-refractivity contribution in [2.75, 3.05) is 0 Å². The Morgan fingerprint density at radius 3 is 2.29 bits per heavy atom. The van der Waals surface area contributed by atoms with Crippen molar-refractivity contribution in [2.45, 2.75) is 147 Å². The van der Waals surface area contributed by atoms with Crippen LogP contribution in [0.5, 0.6) is 0 Å². The van der Waals surface area contributed by atoms with Crippen LogP contribution in [0.1, 0.15) is 80.1 Å². The first kappa shape index (κ1) is 37.5. The quantitative estimate of drug-likeness (QED) is 0.107. The molecule has 7 N–H and O–H groups in total. The fourth-order valence-electron chi connectivity index (χ4n) is 11.0. The van der Waals surface area contributed by atoms with Crippen molar-refractivity contribution in [3.8, 4) is 0 Å². The Morgan fingerprint density at radius 2 is 1.67 bits per heavy atom. The van der Waals surface area contributed by atoms with Gasteiger partial charge in [0.25, 0.3) is 0 Å². The molecule has 0 radical (unpaired) electrons. The number of aliphatic hydroxyl groups excluding tert-OH is 4. The number of carboxylic acid groups (broad SMARTS) is 1. The summed E-state index contributed by atoms with van der Waals surface area (Å²) in [5.41, 5.74) is -1.14.